The van der Waals surface area contributed by atoms with E-state index in [-0.39, 0.29) is 11.8 Å². The minimum atomic E-state index is -0.0658. The van der Waals surface area contributed by atoms with Crippen LogP contribution in [0.3, 0.4) is 0 Å². The maximum Gasteiger partial charge on any atom is 0.254 e. The lowest BCUT2D eigenvalue weighted by molar-refractivity contribution is 0.0936. The molecule has 1 aromatic heterocycles. The lowest BCUT2D eigenvalue weighted by Gasteiger charge is -2.33. The van der Waals surface area contributed by atoms with Gasteiger partial charge >= 0.3 is 0 Å². The summed E-state index contributed by atoms with van der Waals surface area (Å²) in [4.78, 5) is 22.9. The Morgan fingerprint density at radius 3 is 3.00 bits per heavy atom. The van der Waals surface area contributed by atoms with Crippen molar-refractivity contribution in [3.63, 3.8) is 0 Å². The predicted octanol–water partition coefficient (Wildman–Crippen LogP) is 2.20. The fraction of sp³-hybridized carbons (Fsp3) is 0.688. The van der Waals surface area contributed by atoms with E-state index < -0.39 is 0 Å². The van der Waals surface area contributed by atoms with Gasteiger partial charge in [-0.2, -0.15) is 0 Å². The van der Waals surface area contributed by atoms with Crippen molar-refractivity contribution in [2.75, 3.05) is 19.6 Å². The lowest BCUT2D eigenvalue weighted by atomic mass is 10.0. The summed E-state index contributed by atoms with van der Waals surface area (Å²) in [5.41, 5.74) is 1.41. The zero-order valence-electron chi connectivity index (χ0n) is 13.3. The number of nitrogens with zero attached hydrogens (tertiary/aromatic N) is 3. The van der Waals surface area contributed by atoms with Crippen LogP contribution in [0.4, 0.5) is 0 Å². The van der Waals surface area contributed by atoms with Gasteiger partial charge in [0.1, 0.15) is 6.33 Å². The van der Waals surface area contributed by atoms with Crippen LogP contribution in [0.15, 0.2) is 12.5 Å². The van der Waals surface area contributed by atoms with E-state index in [1.165, 1.54) is 25.6 Å². The molecule has 1 aromatic rings. The quantitative estimate of drug-likeness (QED) is 0.903. The molecule has 0 aromatic carbocycles. The topological polar surface area (TPSA) is 58.1 Å². The standard InChI is InChI=1S/C16H26N4O/c1-12(2)15-14(10-17-11-19-15)16(21)18-7-9-20-8-5-4-6-13(20)3/h10-13H,4-9H2,1-3H3,(H,18,21)/t13-/m0/s1. The Bertz CT molecular complexity index is 475. The number of carbonyl (C=O) groups is 1. The van der Waals surface area contributed by atoms with Crippen LogP contribution < -0.4 is 5.32 Å². The Labute approximate surface area is 127 Å². The van der Waals surface area contributed by atoms with Gasteiger partial charge in [-0.25, -0.2) is 9.97 Å². The fourth-order valence-electron chi connectivity index (χ4n) is 2.87. The minimum Gasteiger partial charge on any atom is -0.351 e. The number of piperidine rings is 1. The number of carbonyl (C=O) groups excluding carboxylic acids is 1. The third-order valence-corrected chi connectivity index (χ3v) is 4.16. The van der Waals surface area contributed by atoms with Gasteiger partial charge in [-0.05, 0) is 32.2 Å². The molecule has 1 amide bonds. The highest BCUT2D eigenvalue weighted by Gasteiger charge is 2.19. The molecule has 116 valence electrons. The summed E-state index contributed by atoms with van der Waals surface area (Å²) in [6.45, 7) is 9.07. The van der Waals surface area contributed by atoms with Gasteiger partial charge in [0.2, 0.25) is 0 Å². The Hall–Kier alpha value is -1.49. The van der Waals surface area contributed by atoms with Crippen LogP contribution in [-0.2, 0) is 0 Å². The first kappa shape index (κ1) is 15.9. The smallest absolute Gasteiger partial charge is 0.254 e. The second-order valence-corrected chi connectivity index (χ2v) is 6.11. The molecule has 5 nitrogen and oxygen atoms in total. The summed E-state index contributed by atoms with van der Waals surface area (Å²) < 4.78 is 0. The average molecular weight is 290 g/mol. The maximum atomic E-state index is 12.3. The molecule has 0 radical (unpaired) electrons. The van der Waals surface area contributed by atoms with E-state index in [0.717, 1.165) is 18.8 Å². The molecule has 0 bridgehead atoms. The molecule has 1 aliphatic heterocycles. The van der Waals surface area contributed by atoms with Crippen LogP contribution in [0.1, 0.15) is 62.0 Å². The molecule has 1 aliphatic rings. The van der Waals surface area contributed by atoms with Crippen molar-refractivity contribution in [1.29, 1.82) is 0 Å². The first-order chi connectivity index (χ1) is 10.1. The Morgan fingerprint density at radius 2 is 2.29 bits per heavy atom. The number of hydrogen-bond donors (Lipinski definition) is 1. The van der Waals surface area contributed by atoms with E-state index in [4.69, 9.17) is 0 Å². The molecular formula is C16H26N4O. The van der Waals surface area contributed by atoms with Gasteiger partial charge < -0.3 is 5.32 Å². The van der Waals surface area contributed by atoms with Crippen LogP contribution in [0, 0.1) is 0 Å². The van der Waals surface area contributed by atoms with Gasteiger partial charge in [-0.3, -0.25) is 9.69 Å². The first-order valence-electron chi connectivity index (χ1n) is 7.91. The third-order valence-electron chi connectivity index (χ3n) is 4.16. The van der Waals surface area contributed by atoms with Gasteiger partial charge in [0.25, 0.3) is 5.91 Å². The van der Waals surface area contributed by atoms with Crippen molar-refractivity contribution in [2.24, 2.45) is 0 Å². The molecule has 2 heterocycles. The van der Waals surface area contributed by atoms with E-state index in [0.29, 0.717) is 18.2 Å². The van der Waals surface area contributed by atoms with Gasteiger partial charge in [-0.15, -0.1) is 0 Å². The molecule has 1 atom stereocenters. The number of hydrogen-bond acceptors (Lipinski definition) is 4. The summed E-state index contributed by atoms with van der Waals surface area (Å²) in [7, 11) is 0. The number of likely N-dealkylation sites (tertiary alicyclic amines) is 1. The molecule has 0 unspecified atom stereocenters. The van der Waals surface area contributed by atoms with Crippen molar-refractivity contribution in [1.82, 2.24) is 20.2 Å². The van der Waals surface area contributed by atoms with E-state index in [1.54, 1.807) is 6.20 Å². The predicted molar refractivity (Wildman–Crippen MR) is 83.3 cm³/mol. The SMILES string of the molecule is CC(C)c1ncncc1C(=O)NCCN1CCCC[C@@H]1C. The van der Waals surface area contributed by atoms with E-state index in [2.05, 4.69) is 27.1 Å². The second-order valence-electron chi connectivity index (χ2n) is 6.11. The minimum absolute atomic E-state index is 0.0658. The van der Waals surface area contributed by atoms with Gasteiger partial charge in [0.05, 0.1) is 11.3 Å². The van der Waals surface area contributed by atoms with Crippen LogP contribution in [-0.4, -0.2) is 46.5 Å². The van der Waals surface area contributed by atoms with Crippen molar-refractivity contribution < 1.29 is 4.79 Å². The Balaban J connectivity index is 1.87. The number of nitrogens with one attached hydrogen (secondary N) is 1. The van der Waals surface area contributed by atoms with Gasteiger partial charge in [0.15, 0.2) is 0 Å². The summed E-state index contributed by atoms with van der Waals surface area (Å²) in [6.07, 6.45) is 6.96. The zero-order valence-corrected chi connectivity index (χ0v) is 13.3. The van der Waals surface area contributed by atoms with Crippen molar-refractivity contribution in [3.05, 3.63) is 23.8 Å². The monoisotopic (exact) mass is 290 g/mol. The molecule has 0 spiro atoms. The van der Waals surface area contributed by atoms with E-state index in [9.17, 15) is 4.79 Å². The average Bonchev–Trinajstić information content (AvgIpc) is 2.49. The van der Waals surface area contributed by atoms with Crippen LogP contribution in [0.5, 0.6) is 0 Å². The van der Waals surface area contributed by atoms with Crippen LogP contribution in [0.25, 0.3) is 0 Å². The Morgan fingerprint density at radius 1 is 1.48 bits per heavy atom. The Kier molecular flexibility index (Phi) is 5.67. The summed E-state index contributed by atoms with van der Waals surface area (Å²) in [5.74, 6) is 0.153. The molecule has 1 saturated heterocycles. The van der Waals surface area contributed by atoms with Crippen molar-refractivity contribution in [2.45, 2.75) is 52.0 Å². The number of amides is 1. The first-order valence-corrected chi connectivity index (χ1v) is 7.91. The molecule has 5 heteroatoms. The second kappa shape index (κ2) is 7.50. The molecule has 1 N–H and O–H groups in total. The number of aromatic nitrogens is 2. The van der Waals surface area contributed by atoms with Gasteiger partial charge in [0, 0.05) is 25.3 Å². The summed E-state index contributed by atoms with van der Waals surface area (Å²) >= 11 is 0. The molecule has 1 fully saturated rings. The fourth-order valence-corrected chi connectivity index (χ4v) is 2.87. The molecule has 0 saturated carbocycles. The largest absolute Gasteiger partial charge is 0.351 e. The van der Waals surface area contributed by atoms with E-state index in [1.807, 2.05) is 13.8 Å². The molecule has 2 rings (SSSR count). The molecule has 0 aliphatic carbocycles. The van der Waals surface area contributed by atoms with Crippen LogP contribution >= 0.6 is 0 Å². The maximum absolute atomic E-state index is 12.3. The van der Waals surface area contributed by atoms with E-state index >= 15 is 0 Å². The van der Waals surface area contributed by atoms with Gasteiger partial charge in [-0.1, -0.05) is 20.3 Å². The van der Waals surface area contributed by atoms with Crippen LogP contribution in [0.2, 0.25) is 0 Å². The normalized spacial score (nSPS) is 19.7. The highest BCUT2D eigenvalue weighted by atomic mass is 16.1. The zero-order chi connectivity index (χ0) is 15.2. The summed E-state index contributed by atoms with van der Waals surface area (Å²) in [6, 6.07) is 0.627. The van der Waals surface area contributed by atoms with Crippen molar-refractivity contribution >= 4 is 5.91 Å². The molecular weight excluding hydrogens is 264 g/mol. The lowest BCUT2D eigenvalue weighted by Crippen LogP contribution is -2.42. The highest BCUT2D eigenvalue weighted by molar-refractivity contribution is 5.95. The number of rotatable bonds is 5. The van der Waals surface area contributed by atoms with Crippen molar-refractivity contribution in [3.8, 4) is 0 Å². The summed E-state index contributed by atoms with van der Waals surface area (Å²) in [5, 5.41) is 3.00. The highest BCUT2D eigenvalue weighted by Crippen LogP contribution is 2.16. The molecule has 21 heavy (non-hydrogen) atoms. The third kappa shape index (κ3) is 4.24.